The highest BCUT2D eigenvalue weighted by atomic mass is 16.4. The molecular formula is C15H23N3O3. The minimum absolute atomic E-state index is 0.0751. The number of carboxylic acid groups (broad SMARTS) is 1. The van der Waals surface area contributed by atoms with Crippen LogP contribution in [-0.4, -0.2) is 38.2 Å². The van der Waals surface area contributed by atoms with Crippen LogP contribution in [0.5, 0.6) is 0 Å². The van der Waals surface area contributed by atoms with E-state index in [0.29, 0.717) is 12.5 Å². The van der Waals surface area contributed by atoms with Crippen molar-refractivity contribution in [2.75, 3.05) is 6.54 Å². The number of nitrogens with zero attached hydrogens (tertiary/aromatic N) is 3. The van der Waals surface area contributed by atoms with Crippen LogP contribution in [0.2, 0.25) is 0 Å². The Morgan fingerprint density at radius 2 is 2.24 bits per heavy atom. The summed E-state index contributed by atoms with van der Waals surface area (Å²) in [7, 11) is 0. The summed E-state index contributed by atoms with van der Waals surface area (Å²) in [5, 5.41) is 13.7. The predicted octanol–water partition coefficient (Wildman–Crippen LogP) is 1.92. The molecule has 2 rings (SSSR count). The summed E-state index contributed by atoms with van der Waals surface area (Å²) in [6.07, 6.45) is 4.60. The number of hydrogen-bond donors (Lipinski definition) is 1. The lowest BCUT2D eigenvalue weighted by atomic mass is 9.95. The number of carbonyl (C=O) groups excluding carboxylic acids is 1. The van der Waals surface area contributed by atoms with Crippen LogP contribution in [0.1, 0.15) is 45.2 Å². The SMILES string of the molecule is CCCn1cc(C2C(C(=O)O)CC(=O)N2CC(C)C)cn1. The van der Waals surface area contributed by atoms with E-state index >= 15 is 0 Å². The smallest absolute Gasteiger partial charge is 0.309 e. The Labute approximate surface area is 124 Å². The van der Waals surface area contributed by atoms with Crippen LogP contribution in [-0.2, 0) is 16.1 Å². The second kappa shape index (κ2) is 6.28. The summed E-state index contributed by atoms with van der Waals surface area (Å²) in [6.45, 7) is 7.48. The zero-order chi connectivity index (χ0) is 15.6. The molecule has 1 amide bonds. The molecule has 2 atom stereocenters. The van der Waals surface area contributed by atoms with E-state index in [1.54, 1.807) is 11.1 Å². The average Bonchev–Trinajstić information content (AvgIpc) is 2.95. The van der Waals surface area contributed by atoms with Gasteiger partial charge in [-0.1, -0.05) is 20.8 Å². The van der Waals surface area contributed by atoms with Crippen LogP contribution < -0.4 is 0 Å². The van der Waals surface area contributed by atoms with Gasteiger partial charge in [0, 0.05) is 31.3 Å². The summed E-state index contributed by atoms with van der Waals surface area (Å²) < 4.78 is 1.81. The third-order valence-corrected chi connectivity index (χ3v) is 3.76. The Balaban J connectivity index is 2.31. The summed E-state index contributed by atoms with van der Waals surface area (Å²) in [5.74, 6) is -1.38. The molecule has 0 radical (unpaired) electrons. The van der Waals surface area contributed by atoms with Crippen molar-refractivity contribution < 1.29 is 14.7 Å². The van der Waals surface area contributed by atoms with E-state index in [1.807, 2.05) is 24.7 Å². The number of carboxylic acids is 1. The molecule has 1 aromatic rings. The Hall–Kier alpha value is -1.85. The first-order valence-electron chi connectivity index (χ1n) is 7.48. The van der Waals surface area contributed by atoms with Crippen molar-refractivity contribution in [1.29, 1.82) is 0 Å². The molecule has 1 N–H and O–H groups in total. The molecule has 6 heteroatoms. The zero-order valence-electron chi connectivity index (χ0n) is 12.8. The van der Waals surface area contributed by atoms with Crippen LogP contribution in [0.3, 0.4) is 0 Å². The van der Waals surface area contributed by atoms with Crippen molar-refractivity contribution in [3.05, 3.63) is 18.0 Å². The second-order valence-corrected chi connectivity index (χ2v) is 6.07. The van der Waals surface area contributed by atoms with Gasteiger partial charge in [-0.25, -0.2) is 0 Å². The third kappa shape index (κ3) is 3.25. The molecular weight excluding hydrogens is 270 g/mol. The molecule has 1 saturated heterocycles. The van der Waals surface area contributed by atoms with Gasteiger partial charge in [0.15, 0.2) is 0 Å². The largest absolute Gasteiger partial charge is 0.481 e. The molecule has 2 heterocycles. The topological polar surface area (TPSA) is 75.4 Å². The summed E-state index contributed by atoms with van der Waals surface area (Å²) in [5.41, 5.74) is 0.822. The van der Waals surface area contributed by atoms with E-state index in [4.69, 9.17) is 0 Å². The maximum Gasteiger partial charge on any atom is 0.309 e. The molecule has 1 aliphatic rings. The van der Waals surface area contributed by atoms with Crippen molar-refractivity contribution in [3.63, 3.8) is 0 Å². The third-order valence-electron chi connectivity index (χ3n) is 3.76. The maximum atomic E-state index is 12.2. The lowest BCUT2D eigenvalue weighted by Crippen LogP contribution is -2.33. The van der Waals surface area contributed by atoms with Crippen LogP contribution in [0, 0.1) is 11.8 Å². The fourth-order valence-corrected chi connectivity index (χ4v) is 2.92. The molecule has 1 fully saturated rings. The number of amides is 1. The molecule has 6 nitrogen and oxygen atoms in total. The maximum absolute atomic E-state index is 12.2. The predicted molar refractivity (Wildman–Crippen MR) is 77.6 cm³/mol. The molecule has 1 aliphatic heterocycles. The van der Waals surface area contributed by atoms with Crippen LogP contribution >= 0.6 is 0 Å². The average molecular weight is 293 g/mol. The highest BCUT2D eigenvalue weighted by Crippen LogP contribution is 2.38. The van der Waals surface area contributed by atoms with E-state index in [2.05, 4.69) is 12.0 Å². The van der Waals surface area contributed by atoms with Gasteiger partial charge < -0.3 is 10.0 Å². The van der Waals surface area contributed by atoms with Crippen molar-refractivity contribution in [3.8, 4) is 0 Å². The van der Waals surface area contributed by atoms with Gasteiger partial charge in [0.2, 0.25) is 5.91 Å². The van der Waals surface area contributed by atoms with Gasteiger partial charge >= 0.3 is 5.97 Å². The Kier molecular flexibility index (Phi) is 4.65. The lowest BCUT2D eigenvalue weighted by Gasteiger charge is -2.27. The molecule has 0 bridgehead atoms. The van der Waals surface area contributed by atoms with Crippen LogP contribution in [0.15, 0.2) is 12.4 Å². The van der Waals surface area contributed by atoms with E-state index in [9.17, 15) is 14.7 Å². The van der Waals surface area contributed by atoms with Crippen LogP contribution in [0.4, 0.5) is 0 Å². The normalized spacial score (nSPS) is 22.3. The van der Waals surface area contributed by atoms with Gasteiger partial charge in [-0.2, -0.15) is 5.10 Å². The molecule has 0 saturated carbocycles. The first kappa shape index (κ1) is 15.5. The summed E-state index contributed by atoms with van der Waals surface area (Å²) in [4.78, 5) is 25.4. The fourth-order valence-electron chi connectivity index (χ4n) is 2.92. The first-order valence-corrected chi connectivity index (χ1v) is 7.48. The number of rotatable bonds is 6. The number of likely N-dealkylation sites (tertiary alicyclic amines) is 1. The lowest BCUT2D eigenvalue weighted by molar-refractivity contribution is -0.142. The number of aryl methyl sites for hydroxylation is 1. The van der Waals surface area contributed by atoms with Crippen LogP contribution in [0.25, 0.3) is 0 Å². The zero-order valence-corrected chi connectivity index (χ0v) is 12.8. The van der Waals surface area contributed by atoms with Gasteiger partial charge in [-0.3, -0.25) is 14.3 Å². The van der Waals surface area contributed by atoms with E-state index in [0.717, 1.165) is 18.5 Å². The molecule has 0 aromatic carbocycles. The van der Waals surface area contributed by atoms with Gasteiger partial charge in [0.1, 0.15) is 0 Å². The van der Waals surface area contributed by atoms with Gasteiger partial charge in [-0.05, 0) is 12.3 Å². The Morgan fingerprint density at radius 1 is 1.52 bits per heavy atom. The monoisotopic (exact) mass is 293 g/mol. The second-order valence-electron chi connectivity index (χ2n) is 6.07. The molecule has 2 unspecified atom stereocenters. The number of hydrogen-bond acceptors (Lipinski definition) is 3. The first-order chi connectivity index (χ1) is 9.93. The van der Waals surface area contributed by atoms with E-state index < -0.39 is 17.9 Å². The number of aromatic nitrogens is 2. The molecule has 116 valence electrons. The van der Waals surface area contributed by atoms with Gasteiger partial charge in [-0.15, -0.1) is 0 Å². The van der Waals surface area contributed by atoms with Crippen molar-refractivity contribution in [1.82, 2.24) is 14.7 Å². The minimum atomic E-state index is -0.914. The van der Waals surface area contributed by atoms with Crippen molar-refractivity contribution >= 4 is 11.9 Å². The van der Waals surface area contributed by atoms with Gasteiger partial charge in [0.05, 0.1) is 18.2 Å². The number of aliphatic carboxylic acids is 1. The molecule has 0 aliphatic carbocycles. The van der Waals surface area contributed by atoms with Crippen molar-refractivity contribution in [2.24, 2.45) is 11.8 Å². The minimum Gasteiger partial charge on any atom is -0.481 e. The molecule has 0 spiro atoms. The molecule has 1 aromatic heterocycles. The van der Waals surface area contributed by atoms with E-state index in [-0.39, 0.29) is 12.3 Å². The molecule has 21 heavy (non-hydrogen) atoms. The Morgan fingerprint density at radius 3 is 2.81 bits per heavy atom. The summed E-state index contributed by atoms with van der Waals surface area (Å²) in [6, 6.07) is -0.400. The van der Waals surface area contributed by atoms with Gasteiger partial charge in [0.25, 0.3) is 0 Å². The highest BCUT2D eigenvalue weighted by molar-refractivity contribution is 5.87. The quantitative estimate of drug-likeness (QED) is 0.869. The van der Waals surface area contributed by atoms with Crippen molar-refractivity contribution in [2.45, 2.75) is 46.2 Å². The number of carbonyl (C=O) groups is 2. The fraction of sp³-hybridized carbons (Fsp3) is 0.667. The Bertz CT molecular complexity index is 524. The summed E-state index contributed by atoms with van der Waals surface area (Å²) >= 11 is 0. The standard InChI is InChI=1S/C15H23N3O3/c1-4-5-17-9-11(7-16-17)14-12(15(20)21)6-13(19)18(14)8-10(2)3/h7,9-10,12,14H,4-6,8H2,1-3H3,(H,20,21). The van der Waals surface area contributed by atoms with E-state index in [1.165, 1.54) is 0 Å². The highest BCUT2D eigenvalue weighted by Gasteiger charge is 2.45.